The Hall–Kier alpha value is -1.99. The van der Waals surface area contributed by atoms with Crippen LogP contribution in [0.4, 0.5) is 4.79 Å². The van der Waals surface area contributed by atoms with Gasteiger partial charge in [-0.05, 0) is 30.5 Å². The molecule has 0 radical (unpaired) electrons. The van der Waals surface area contributed by atoms with Gasteiger partial charge >= 0.3 is 6.09 Å². The van der Waals surface area contributed by atoms with Crippen molar-refractivity contribution in [2.75, 3.05) is 53.0 Å². The number of carbonyl (C=O) groups is 1. The van der Waals surface area contributed by atoms with E-state index in [-0.39, 0.29) is 18.1 Å². The second-order valence-corrected chi connectivity index (χ2v) is 8.06. The summed E-state index contributed by atoms with van der Waals surface area (Å²) >= 11 is 0. The predicted molar refractivity (Wildman–Crippen MR) is 108 cm³/mol. The zero-order valence-corrected chi connectivity index (χ0v) is 17.7. The summed E-state index contributed by atoms with van der Waals surface area (Å²) in [5, 5.41) is 10.4. The third kappa shape index (κ3) is 6.27. The molecule has 1 aliphatic heterocycles. The van der Waals surface area contributed by atoms with E-state index >= 15 is 0 Å². The fourth-order valence-electron chi connectivity index (χ4n) is 3.21. The molecular formula is C21H34N2O5. The van der Waals surface area contributed by atoms with Crippen LogP contribution in [0.5, 0.6) is 11.5 Å². The number of nitrogens with zero attached hydrogens (tertiary/aromatic N) is 2. The molecule has 0 spiro atoms. The molecule has 1 amide bonds. The van der Waals surface area contributed by atoms with E-state index in [9.17, 15) is 9.90 Å². The molecule has 0 unspecified atom stereocenters. The molecule has 1 saturated heterocycles. The highest BCUT2D eigenvalue weighted by atomic mass is 16.6. The van der Waals surface area contributed by atoms with Crippen molar-refractivity contribution in [3.63, 3.8) is 0 Å². The topological polar surface area (TPSA) is 71.5 Å². The molecule has 28 heavy (non-hydrogen) atoms. The van der Waals surface area contributed by atoms with Crippen LogP contribution in [0, 0.1) is 0 Å². The molecular weight excluding hydrogens is 360 g/mol. The highest BCUT2D eigenvalue weighted by molar-refractivity contribution is 5.67. The van der Waals surface area contributed by atoms with Crippen LogP contribution < -0.4 is 9.47 Å². The monoisotopic (exact) mass is 394 g/mol. The number of amides is 1. The molecule has 0 aromatic heterocycles. The van der Waals surface area contributed by atoms with Crippen LogP contribution in [0.25, 0.3) is 0 Å². The maximum absolute atomic E-state index is 11.8. The summed E-state index contributed by atoms with van der Waals surface area (Å²) in [4.78, 5) is 15.6. The van der Waals surface area contributed by atoms with Crippen LogP contribution in [-0.2, 0) is 10.2 Å². The van der Waals surface area contributed by atoms with Crippen LogP contribution in [0.3, 0.4) is 0 Å². The molecule has 1 fully saturated rings. The van der Waals surface area contributed by atoms with Gasteiger partial charge in [0.2, 0.25) is 0 Å². The molecule has 7 heteroatoms. The van der Waals surface area contributed by atoms with Gasteiger partial charge in [-0.1, -0.05) is 20.8 Å². The average molecular weight is 395 g/mol. The van der Waals surface area contributed by atoms with Crippen molar-refractivity contribution in [1.82, 2.24) is 9.80 Å². The number of aliphatic hydroxyl groups is 1. The first-order valence-corrected chi connectivity index (χ1v) is 9.88. The maximum Gasteiger partial charge on any atom is 0.409 e. The Balaban J connectivity index is 1.85. The van der Waals surface area contributed by atoms with E-state index in [0.29, 0.717) is 39.3 Å². The number of ether oxygens (including phenoxy) is 3. The molecule has 1 aromatic rings. The Labute approximate surface area is 168 Å². The molecule has 1 atom stereocenters. The smallest absolute Gasteiger partial charge is 0.409 e. The first-order chi connectivity index (χ1) is 13.2. The minimum Gasteiger partial charge on any atom is -0.497 e. The van der Waals surface area contributed by atoms with Crippen molar-refractivity contribution < 1.29 is 24.1 Å². The summed E-state index contributed by atoms with van der Waals surface area (Å²) in [7, 11) is 1.65. The lowest BCUT2D eigenvalue weighted by Gasteiger charge is -2.35. The molecule has 158 valence electrons. The lowest BCUT2D eigenvalue weighted by molar-refractivity contribution is 0.0404. The predicted octanol–water partition coefficient (Wildman–Crippen LogP) is 2.51. The Kier molecular flexibility index (Phi) is 7.95. The summed E-state index contributed by atoms with van der Waals surface area (Å²) < 4.78 is 16.3. The minimum absolute atomic E-state index is 0.0990. The van der Waals surface area contributed by atoms with Crippen molar-refractivity contribution in [1.29, 1.82) is 0 Å². The molecule has 0 aliphatic carbocycles. The molecule has 2 rings (SSSR count). The van der Waals surface area contributed by atoms with E-state index in [0.717, 1.165) is 17.1 Å². The van der Waals surface area contributed by atoms with Gasteiger partial charge in [-0.15, -0.1) is 0 Å². The van der Waals surface area contributed by atoms with Gasteiger partial charge in [0, 0.05) is 38.3 Å². The number of piperazine rings is 1. The van der Waals surface area contributed by atoms with Crippen LogP contribution in [0.2, 0.25) is 0 Å². The lowest BCUT2D eigenvalue weighted by Crippen LogP contribution is -2.51. The number of aliphatic hydroxyl groups excluding tert-OH is 1. The fourth-order valence-corrected chi connectivity index (χ4v) is 3.21. The third-order valence-corrected chi connectivity index (χ3v) is 4.79. The molecule has 0 saturated carbocycles. The van der Waals surface area contributed by atoms with Crippen molar-refractivity contribution in [3.8, 4) is 11.5 Å². The Morgan fingerprint density at radius 1 is 1.21 bits per heavy atom. The van der Waals surface area contributed by atoms with Gasteiger partial charge in [0.25, 0.3) is 0 Å². The van der Waals surface area contributed by atoms with Gasteiger partial charge < -0.3 is 24.2 Å². The standard InChI is InChI=1S/C21H34N2O5/c1-6-27-20(25)23-11-9-22(10-12-23)14-16(24)15-28-19-8-7-17(26-5)13-18(19)21(2,3)4/h7-8,13,16,24H,6,9-12,14-15H2,1-5H3/t16-/m0/s1. The summed E-state index contributed by atoms with van der Waals surface area (Å²) in [5.41, 5.74) is 0.945. The zero-order chi connectivity index (χ0) is 20.7. The number of hydrogen-bond acceptors (Lipinski definition) is 6. The van der Waals surface area contributed by atoms with Crippen LogP contribution in [0.1, 0.15) is 33.3 Å². The number of rotatable bonds is 7. The van der Waals surface area contributed by atoms with Crippen LogP contribution >= 0.6 is 0 Å². The van der Waals surface area contributed by atoms with E-state index < -0.39 is 6.10 Å². The molecule has 1 heterocycles. The normalized spacial score (nSPS) is 16.6. The molecule has 1 aromatic carbocycles. The van der Waals surface area contributed by atoms with Crippen molar-refractivity contribution in [2.24, 2.45) is 0 Å². The fraction of sp³-hybridized carbons (Fsp3) is 0.667. The van der Waals surface area contributed by atoms with Crippen molar-refractivity contribution in [2.45, 2.75) is 39.2 Å². The highest BCUT2D eigenvalue weighted by Crippen LogP contribution is 2.34. The van der Waals surface area contributed by atoms with Crippen LogP contribution in [0.15, 0.2) is 18.2 Å². The van der Waals surface area contributed by atoms with E-state index in [1.165, 1.54) is 0 Å². The maximum atomic E-state index is 11.8. The second kappa shape index (κ2) is 9.98. The third-order valence-electron chi connectivity index (χ3n) is 4.79. The van der Waals surface area contributed by atoms with Gasteiger partial charge in [-0.25, -0.2) is 4.79 Å². The minimum atomic E-state index is -0.607. The number of β-amino-alcohol motifs (C(OH)–C–C–N with tert-alkyl or cyclic N) is 1. The average Bonchev–Trinajstić information content (AvgIpc) is 2.66. The number of benzene rings is 1. The highest BCUT2D eigenvalue weighted by Gasteiger charge is 2.24. The van der Waals surface area contributed by atoms with Gasteiger partial charge in [-0.2, -0.15) is 0 Å². The van der Waals surface area contributed by atoms with Crippen molar-refractivity contribution in [3.05, 3.63) is 23.8 Å². The van der Waals surface area contributed by atoms with Crippen molar-refractivity contribution >= 4 is 6.09 Å². The van der Waals surface area contributed by atoms with E-state index in [1.807, 2.05) is 18.2 Å². The van der Waals surface area contributed by atoms with Gasteiger partial charge in [0.15, 0.2) is 0 Å². The Morgan fingerprint density at radius 2 is 1.89 bits per heavy atom. The lowest BCUT2D eigenvalue weighted by atomic mass is 9.86. The Morgan fingerprint density at radius 3 is 2.46 bits per heavy atom. The molecule has 7 nitrogen and oxygen atoms in total. The quantitative estimate of drug-likeness (QED) is 0.766. The molecule has 1 aliphatic rings. The number of methoxy groups -OCH3 is 1. The number of hydrogen-bond donors (Lipinski definition) is 1. The first kappa shape index (κ1) is 22.3. The second-order valence-electron chi connectivity index (χ2n) is 8.06. The summed E-state index contributed by atoms with van der Waals surface area (Å²) in [5.74, 6) is 1.55. The summed E-state index contributed by atoms with van der Waals surface area (Å²) in [6.45, 7) is 11.9. The van der Waals surface area contributed by atoms with Crippen LogP contribution in [-0.4, -0.2) is 80.2 Å². The largest absolute Gasteiger partial charge is 0.497 e. The molecule has 1 N–H and O–H groups in total. The van der Waals surface area contributed by atoms with Gasteiger partial charge in [0.05, 0.1) is 13.7 Å². The van der Waals surface area contributed by atoms with E-state index in [1.54, 1.807) is 18.9 Å². The zero-order valence-electron chi connectivity index (χ0n) is 17.7. The van der Waals surface area contributed by atoms with Gasteiger partial charge in [-0.3, -0.25) is 4.90 Å². The molecule has 0 bridgehead atoms. The number of carbonyl (C=O) groups excluding carboxylic acids is 1. The SMILES string of the molecule is CCOC(=O)N1CCN(C[C@H](O)COc2ccc(OC)cc2C(C)(C)C)CC1. The summed E-state index contributed by atoms with van der Waals surface area (Å²) in [6, 6.07) is 5.74. The Bertz CT molecular complexity index is 636. The van der Waals surface area contributed by atoms with Gasteiger partial charge in [0.1, 0.15) is 24.2 Å². The van der Waals surface area contributed by atoms with E-state index in [2.05, 4.69) is 25.7 Å². The summed E-state index contributed by atoms with van der Waals surface area (Å²) in [6.07, 6.45) is -0.871. The van der Waals surface area contributed by atoms with E-state index in [4.69, 9.17) is 14.2 Å². The first-order valence-electron chi connectivity index (χ1n) is 9.88.